The first-order valence-corrected chi connectivity index (χ1v) is 7.64. The molecule has 0 aliphatic carbocycles. The fourth-order valence-corrected chi connectivity index (χ4v) is 3.54. The van der Waals surface area contributed by atoms with Gasteiger partial charge in [-0.05, 0) is 20.0 Å². The normalized spacial score (nSPS) is 10.8. The maximum Gasteiger partial charge on any atom is 0.225 e. The predicted molar refractivity (Wildman–Crippen MR) is 75.8 cm³/mol. The van der Waals surface area contributed by atoms with Gasteiger partial charge in [-0.15, -0.1) is 0 Å². The van der Waals surface area contributed by atoms with Gasteiger partial charge >= 0.3 is 0 Å². The van der Waals surface area contributed by atoms with E-state index in [0.29, 0.717) is 12.8 Å². The summed E-state index contributed by atoms with van der Waals surface area (Å²) in [6.07, 6.45) is 2.32. The Labute approximate surface area is 111 Å². The lowest BCUT2D eigenvalue weighted by Gasteiger charge is -2.21. The standard InChI is InChI=1S/C11H20N2O2S2/c1-5-13-10(15)8-11(2,3)17-16-7-6-9(14)12-4/h5H,1,6-8H2,2-4H3,(H,12,14)(H,13,15). The molecule has 0 aliphatic heterocycles. The van der Waals surface area contributed by atoms with E-state index in [0.717, 1.165) is 5.75 Å². The smallest absolute Gasteiger partial charge is 0.225 e. The molecule has 0 aliphatic rings. The van der Waals surface area contributed by atoms with Crippen molar-refractivity contribution in [2.75, 3.05) is 12.8 Å². The molecule has 0 spiro atoms. The van der Waals surface area contributed by atoms with Crippen molar-refractivity contribution in [2.24, 2.45) is 0 Å². The molecule has 0 atom stereocenters. The lowest BCUT2D eigenvalue weighted by molar-refractivity contribution is -0.121. The minimum Gasteiger partial charge on any atom is -0.359 e. The number of amides is 2. The zero-order valence-electron chi connectivity index (χ0n) is 10.5. The van der Waals surface area contributed by atoms with Crippen LogP contribution < -0.4 is 10.6 Å². The van der Waals surface area contributed by atoms with Crippen molar-refractivity contribution in [1.29, 1.82) is 0 Å². The third-order valence-electron chi connectivity index (χ3n) is 1.83. The first kappa shape index (κ1) is 16.4. The molecule has 0 heterocycles. The molecule has 17 heavy (non-hydrogen) atoms. The van der Waals surface area contributed by atoms with E-state index in [9.17, 15) is 9.59 Å². The summed E-state index contributed by atoms with van der Waals surface area (Å²) in [4.78, 5) is 22.4. The van der Waals surface area contributed by atoms with Gasteiger partial charge in [-0.3, -0.25) is 9.59 Å². The summed E-state index contributed by atoms with van der Waals surface area (Å²) in [6, 6.07) is 0. The summed E-state index contributed by atoms with van der Waals surface area (Å²) in [5, 5.41) is 5.13. The van der Waals surface area contributed by atoms with Crippen molar-refractivity contribution in [3.63, 3.8) is 0 Å². The van der Waals surface area contributed by atoms with Gasteiger partial charge in [0, 0.05) is 30.4 Å². The van der Waals surface area contributed by atoms with E-state index >= 15 is 0 Å². The molecule has 2 amide bonds. The second kappa shape index (κ2) is 8.47. The molecule has 0 aromatic rings. The van der Waals surface area contributed by atoms with Crippen LogP contribution in [0.2, 0.25) is 0 Å². The molecule has 6 heteroatoms. The van der Waals surface area contributed by atoms with Crippen LogP contribution in [0.3, 0.4) is 0 Å². The fraction of sp³-hybridized carbons (Fsp3) is 0.636. The van der Waals surface area contributed by atoms with E-state index in [-0.39, 0.29) is 16.6 Å². The van der Waals surface area contributed by atoms with Crippen LogP contribution in [-0.4, -0.2) is 29.4 Å². The molecule has 0 unspecified atom stereocenters. The van der Waals surface area contributed by atoms with Gasteiger partial charge in [0.15, 0.2) is 0 Å². The van der Waals surface area contributed by atoms with E-state index in [4.69, 9.17) is 0 Å². The highest BCUT2D eigenvalue weighted by Crippen LogP contribution is 2.38. The van der Waals surface area contributed by atoms with Crippen molar-refractivity contribution in [2.45, 2.75) is 31.4 Å². The Balaban J connectivity index is 3.81. The van der Waals surface area contributed by atoms with Gasteiger partial charge in [0.2, 0.25) is 11.8 Å². The highest BCUT2D eigenvalue weighted by atomic mass is 33.1. The molecule has 0 rings (SSSR count). The zero-order valence-corrected chi connectivity index (χ0v) is 12.2. The maximum absolute atomic E-state index is 11.4. The van der Waals surface area contributed by atoms with Gasteiger partial charge in [-0.2, -0.15) is 0 Å². The van der Waals surface area contributed by atoms with Crippen LogP contribution in [0.1, 0.15) is 26.7 Å². The fourth-order valence-electron chi connectivity index (χ4n) is 1.04. The Morgan fingerprint density at radius 1 is 1.35 bits per heavy atom. The summed E-state index contributed by atoms with van der Waals surface area (Å²) in [5.74, 6) is 0.751. The first-order valence-electron chi connectivity index (χ1n) is 5.33. The molecule has 0 bridgehead atoms. The number of hydrogen-bond acceptors (Lipinski definition) is 4. The Kier molecular flexibility index (Phi) is 8.16. The quantitative estimate of drug-likeness (QED) is 0.525. The van der Waals surface area contributed by atoms with Crippen molar-refractivity contribution >= 4 is 33.4 Å². The van der Waals surface area contributed by atoms with E-state index in [1.807, 2.05) is 13.8 Å². The Morgan fingerprint density at radius 2 is 2.00 bits per heavy atom. The van der Waals surface area contributed by atoms with Crippen LogP contribution in [0, 0.1) is 0 Å². The highest BCUT2D eigenvalue weighted by Gasteiger charge is 2.22. The molecule has 0 saturated heterocycles. The summed E-state index contributed by atoms with van der Waals surface area (Å²) >= 11 is 0. The molecule has 2 N–H and O–H groups in total. The average molecular weight is 276 g/mol. The van der Waals surface area contributed by atoms with E-state index in [2.05, 4.69) is 17.2 Å². The van der Waals surface area contributed by atoms with Crippen LogP contribution >= 0.6 is 21.6 Å². The molecular weight excluding hydrogens is 256 g/mol. The minimum atomic E-state index is -0.152. The van der Waals surface area contributed by atoms with Crippen molar-refractivity contribution in [3.8, 4) is 0 Å². The number of hydrogen-bond donors (Lipinski definition) is 2. The second-order valence-electron chi connectivity index (χ2n) is 4.04. The van der Waals surface area contributed by atoms with Gasteiger partial charge in [-0.1, -0.05) is 28.2 Å². The molecule has 0 aromatic heterocycles. The molecule has 0 radical (unpaired) electrons. The number of nitrogens with one attached hydrogen (secondary N) is 2. The van der Waals surface area contributed by atoms with Crippen molar-refractivity contribution < 1.29 is 9.59 Å². The van der Waals surface area contributed by atoms with E-state index in [1.54, 1.807) is 28.6 Å². The van der Waals surface area contributed by atoms with Gasteiger partial charge in [-0.25, -0.2) is 0 Å². The van der Waals surface area contributed by atoms with Crippen LogP contribution in [-0.2, 0) is 9.59 Å². The number of carbonyl (C=O) groups excluding carboxylic acids is 2. The minimum absolute atomic E-state index is 0.0376. The summed E-state index contributed by atoms with van der Waals surface area (Å²) in [7, 11) is 4.87. The molecular formula is C11H20N2O2S2. The summed E-state index contributed by atoms with van der Waals surface area (Å²) in [5.41, 5.74) is 0. The lowest BCUT2D eigenvalue weighted by atomic mass is 10.1. The second-order valence-corrected chi connectivity index (χ2v) is 7.16. The van der Waals surface area contributed by atoms with Gasteiger partial charge in [0.1, 0.15) is 0 Å². The number of rotatable bonds is 8. The van der Waals surface area contributed by atoms with Gasteiger partial charge in [0.05, 0.1) is 0 Å². The topological polar surface area (TPSA) is 58.2 Å². The first-order chi connectivity index (χ1) is 7.91. The predicted octanol–water partition coefficient (Wildman–Crippen LogP) is 1.93. The molecule has 4 nitrogen and oxygen atoms in total. The van der Waals surface area contributed by atoms with E-state index in [1.165, 1.54) is 6.20 Å². The van der Waals surface area contributed by atoms with Crippen LogP contribution in [0.5, 0.6) is 0 Å². The average Bonchev–Trinajstić information content (AvgIpc) is 2.23. The van der Waals surface area contributed by atoms with Crippen molar-refractivity contribution in [1.82, 2.24) is 10.6 Å². The van der Waals surface area contributed by atoms with Gasteiger partial charge in [0.25, 0.3) is 0 Å². The third-order valence-corrected chi connectivity index (χ3v) is 5.12. The van der Waals surface area contributed by atoms with Gasteiger partial charge < -0.3 is 10.6 Å². The lowest BCUT2D eigenvalue weighted by Crippen LogP contribution is -2.26. The summed E-state index contributed by atoms with van der Waals surface area (Å²) in [6.45, 7) is 7.46. The Bertz CT molecular complexity index is 281. The summed E-state index contributed by atoms with van der Waals surface area (Å²) < 4.78 is -0.152. The monoisotopic (exact) mass is 276 g/mol. The molecule has 0 saturated carbocycles. The van der Waals surface area contributed by atoms with Crippen LogP contribution in [0.4, 0.5) is 0 Å². The van der Waals surface area contributed by atoms with Crippen LogP contribution in [0.25, 0.3) is 0 Å². The largest absolute Gasteiger partial charge is 0.359 e. The molecule has 0 fully saturated rings. The molecule has 98 valence electrons. The maximum atomic E-state index is 11.4. The number of carbonyl (C=O) groups is 2. The van der Waals surface area contributed by atoms with E-state index < -0.39 is 0 Å². The van der Waals surface area contributed by atoms with Crippen molar-refractivity contribution in [3.05, 3.63) is 12.8 Å². The Morgan fingerprint density at radius 3 is 2.53 bits per heavy atom. The highest BCUT2D eigenvalue weighted by molar-refractivity contribution is 8.77. The SMILES string of the molecule is C=CNC(=O)CC(C)(C)SSCCC(=O)NC. The molecule has 0 aromatic carbocycles. The Hall–Kier alpha value is -0.620. The zero-order chi connectivity index (χ0) is 13.3. The third kappa shape index (κ3) is 9.12. The van der Waals surface area contributed by atoms with Crippen LogP contribution in [0.15, 0.2) is 12.8 Å².